The van der Waals surface area contributed by atoms with Crippen molar-refractivity contribution in [2.45, 2.75) is 19.6 Å². The molecule has 150 valence electrons. The largest absolute Gasteiger partial charge is 0.586 e. The standard InChI is InChI=1S/C18H15F2N5O4/c1-3-12-11(9-21-25(12)15-6-7-16(27-2)24-23-15)17(26)22-10-4-5-13-14(8-10)29-18(19,20)28-13/h4-9H,3H2,1-2H3,(H,22,26). The lowest BCUT2D eigenvalue weighted by molar-refractivity contribution is -0.286. The van der Waals surface area contributed by atoms with E-state index in [1.54, 1.807) is 12.1 Å². The summed E-state index contributed by atoms with van der Waals surface area (Å²) in [6.45, 7) is 1.86. The number of methoxy groups -OCH3 is 1. The third-order valence-electron chi connectivity index (χ3n) is 4.16. The second kappa shape index (κ2) is 7.00. The molecule has 0 spiro atoms. The number of hydrogen-bond donors (Lipinski definition) is 1. The van der Waals surface area contributed by atoms with Crippen LogP contribution in [0.1, 0.15) is 23.0 Å². The van der Waals surface area contributed by atoms with Gasteiger partial charge in [-0.3, -0.25) is 4.79 Å². The Labute approximate surface area is 163 Å². The van der Waals surface area contributed by atoms with Crippen LogP contribution in [0, 0.1) is 0 Å². The third-order valence-corrected chi connectivity index (χ3v) is 4.16. The van der Waals surface area contributed by atoms with Crippen LogP contribution in [0.5, 0.6) is 17.4 Å². The molecular formula is C18H15F2N5O4. The monoisotopic (exact) mass is 403 g/mol. The van der Waals surface area contributed by atoms with Gasteiger partial charge in [0.1, 0.15) is 0 Å². The van der Waals surface area contributed by atoms with Crippen LogP contribution in [-0.2, 0) is 6.42 Å². The molecule has 0 bridgehead atoms. The molecule has 0 aliphatic carbocycles. The summed E-state index contributed by atoms with van der Waals surface area (Å²) in [5.41, 5.74) is 1.19. The average Bonchev–Trinajstić information content (AvgIpc) is 3.26. The Bertz CT molecular complexity index is 1070. The Morgan fingerprint density at radius 2 is 2.00 bits per heavy atom. The summed E-state index contributed by atoms with van der Waals surface area (Å²) in [5.74, 6) is 0.0541. The smallest absolute Gasteiger partial charge is 0.480 e. The number of anilines is 1. The third kappa shape index (κ3) is 3.53. The van der Waals surface area contributed by atoms with Crippen LogP contribution in [0.4, 0.5) is 14.5 Å². The number of nitrogens with one attached hydrogen (secondary N) is 1. The van der Waals surface area contributed by atoms with Gasteiger partial charge in [-0.15, -0.1) is 19.0 Å². The molecule has 4 rings (SSSR count). The lowest BCUT2D eigenvalue weighted by atomic mass is 10.2. The fraction of sp³-hybridized carbons (Fsp3) is 0.222. The number of nitrogens with zero attached hydrogens (tertiary/aromatic N) is 4. The molecule has 1 N–H and O–H groups in total. The minimum Gasteiger partial charge on any atom is -0.480 e. The molecule has 3 aromatic rings. The molecule has 1 aromatic carbocycles. The van der Waals surface area contributed by atoms with Crippen molar-refractivity contribution in [3.8, 4) is 23.2 Å². The first kappa shape index (κ1) is 18.6. The molecule has 1 aliphatic rings. The maximum Gasteiger partial charge on any atom is 0.586 e. The highest BCUT2D eigenvalue weighted by atomic mass is 19.3. The van der Waals surface area contributed by atoms with Crippen molar-refractivity contribution in [3.63, 3.8) is 0 Å². The van der Waals surface area contributed by atoms with Crippen molar-refractivity contribution in [3.05, 3.63) is 47.8 Å². The van der Waals surface area contributed by atoms with Gasteiger partial charge >= 0.3 is 6.29 Å². The molecule has 0 unspecified atom stereocenters. The molecule has 1 aliphatic heterocycles. The molecular weight excluding hydrogens is 388 g/mol. The molecule has 0 saturated heterocycles. The number of ether oxygens (including phenoxy) is 3. The Kier molecular flexibility index (Phi) is 4.49. The highest BCUT2D eigenvalue weighted by Crippen LogP contribution is 2.42. The van der Waals surface area contributed by atoms with Gasteiger partial charge in [0.05, 0.1) is 24.6 Å². The van der Waals surface area contributed by atoms with E-state index in [-0.39, 0.29) is 17.2 Å². The Morgan fingerprint density at radius 1 is 1.21 bits per heavy atom. The Hall–Kier alpha value is -3.76. The maximum absolute atomic E-state index is 13.1. The molecule has 0 radical (unpaired) electrons. The molecule has 2 aromatic heterocycles. The first-order valence-corrected chi connectivity index (χ1v) is 8.56. The van der Waals surface area contributed by atoms with Gasteiger partial charge in [-0.2, -0.15) is 5.10 Å². The van der Waals surface area contributed by atoms with Gasteiger partial charge in [-0.1, -0.05) is 6.92 Å². The number of alkyl halides is 2. The predicted octanol–water partition coefficient (Wildman–Crippen LogP) is 2.81. The normalized spacial score (nSPS) is 13.9. The van der Waals surface area contributed by atoms with Crippen molar-refractivity contribution >= 4 is 11.6 Å². The molecule has 11 heteroatoms. The van der Waals surface area contributed by atoms with Crippen molar-refractivity contribution < 1.29 is 27.8 Å². The Balaban J connectivity index is 1.57. The zero-order chi connectivity index (χ0) is 20.6. The fourth-order valence-corrected chi connectivity index (χ4v) is 2.86. The minimum atomic E-state index is -3.72. The van der Waals surface area contributed by atoms with E-state index in [1.165, 1.54) is 36.2 Å². The van der Waals surface area contributed by atoms with Gasteiger partial charge in [0.15, 0.2) is 17.3 Å². The predicted molar refractivity (Wildman–Crippen MR) is 95.7 cm³/mol. The van der Waals surface area contributed by atoms with E-state index < -0.39 is 12.2 Å². The number of carbonyl (C=O) groups is 1. The van der Waals surface area contributed by atoms with Gasteiger partial charge in [-0.25, -0.2) is 4.68 Å². The van der Waals surface area contributed by atoms with Crippen molar-refractivity contribution in [2.75, 3.05) is 12.4 Å². The number of aromatic nitrogens is 4. The van der Waals surface area contributed by atoms with E-state index >= 15 is 0 Å². The highest BCUT2D eigenvalue weighted by Gasteiger charge is 2.43. The average molecular weight is 403 g/mol. The van der Waals surface area contributed by atoms with Crippen LogP contribution in [-0.4, -0.2) is 39.3 Å². The van der Waals surface area contributed by atoms with Gasteiger partial charge < -0.3 is 19.5 Å². The molecule has 0 fully saturated rings. The van der Waals surface area contributed by atoms with Gasteiger partial charge in [0.25, 0.3) is 5.91 Å². The zero-order valence-electron chi connectivity index (χ0n) is 15.3. The molecule has 0 saturated carbocycles. The van der Waals surface area contributed by atoms with E-state index in [4.69, 9.17) is 4.74 Å². The topological polar surface area (TPSA) is 100 Å². The summed E-state index contributed by atoms with van der Waals surface area (Å²) in [5, 5.41) is 14.8. The number of amides is 1. The van der Waals surface area contributed by atoms with E-state index in [0.29, 0.717) is 29.4 Å². The maximum atomic E-state index is 13.1. The van der Waals surface area contributed by atoms with Crippen LogP contribution in [0.15, 0.2) is 36.5 Å². The first-order chi connectivity index (χ1) is 13.9. The molecule has 29 heavy (non-hydrogen) atoms. The Morgan fingerprint density at radius 3 is 2.69 bits per heavy atom. The fourth-order valence-electron chi connectivity index (χ4n) is 2.86. The van der Waals surface area contributed by atoms with Crippen LogP contribution in [0.25, 0.3) is 5.82 Å². The van der Waals surface area contributed by atoms with Crippen LogP contribution in [0.2, 0.25) is 0 Å². The van der Waals surface area contributed by atoms with E-state index in [9.17, 15) is 13.6 Å². The van der Waals surface area contributed by atoms with Crippen molar-refractivity contribution in [2.24, 2.45) is 0 Å². The summed E-state index contributed by atoms with van der Waals surface area (Å²) in [7, 11) is 1.48. The summed E-state index contributed by atoms with van der Waals surface area (Å²) < 4.78 is 41.5. The van der Waals surface area contributed by atoms with Crippen LogP contribution in [0.3, 0.4) is 0 Å². The summed E-state index contributed by atoms with van der Waals surface area (Å²) in [4.78, 5) is 12.7. The number of benzene rings is 1. The van der Waals surface area contributed by atoms with Gasteiger partial charge in [0, 0.05) is 17.8 Å². The highest BCUT2D eigenvalue weighted by molar-refractivity contribution is 6.05. The zero-order valence-corrected chi connectivity index (χ0v) is 15.3. The van der Waals surface area contributed by atoms with Gasteiger partial charge in [-0.05, 0) is 24.6 Å². The lowest BCUT2D eigenvalue weighted by Crippen LogP contribution is -2.25. The van der Waals surface area contributed by atoms with E-state index in [1.807, 2.05) is 6.92 Å². The SMILES string of the molecule is CCc1c(C(=O)Nc2ccc3c(c2)OC(F)(F)O3)cnn1-c1ccc(OC)nn1. The van der Waals surface area contributed by atoms with Crippen LogP contribution >= 0.6 is 0 Å². The summed E-state index contributed by atoms with van der Waals surface area (Å²) in [6, 6.07) is 7.29. The number of hydrogen-bond acceptors (Lipinski definition) is 7. The van der Waals surface area contributed by atoms with Gasteiger partial charge in [0.2, 0.25) is 5.88 Å². The van der Waals surface area contributed by atoms with Crippen molar-refractivity contribution in [1.29, 1.82) is 0 Å². The summed E-state index contributed by atoms with van der Waals surface area (Å²) in [6.07, 6.45) is -1.83. The number of halogens is 2. The number of rotatable bonds is 5. The number of fused-ring (bicyclic) bond motifs is 1. The molecule has 9 nitrogen and oxygen atoms in total. The second-order valence-electron chi connectivity index (χ2n) is 5.99. The quantitative estimate of drug-likeness (QED) is 0.699. The molecule has 3 heterocycles. The lowest BCUT2D eigenvalue weighted by Gasteiger charge is -2.08. The first-order valence-electron chi connectivity index (χ1n) is 8.56. The molecule has 1 amide bonds. The second-order valence-corrected chi connectivity index (χ2v) is 5.99. The molecule has 0 atom stereocenters. The van der Waals surface area contributed by atoms with Crippen molar-refractivity contribution in [1.82, 2.24) is 20.0 Å². The van der Waals surface area contributed by atoms with Crippen LogP contribution < -0.4 is 19.5 Å². The van der Waals surface area contributed by atoms with E-state index in [2.05, 4.69) is 30.1 Å². The van der Waals surface area contributed by atoms with E-state index in [0.717, 1.165) is 0 Å². The minimum absolute atomic E-state index is 0.104. The number of carbonyl (C=O) groups excluding carboxylic acids is 1. The summed E-state index contributed by atoms with van der Waals surface area (Å²) >= 11 is 0.